The number of urea groups is 1. The summed E-state index contributed by atoms with van der Waals surface area (Å²) in [7, 11) is 0. The minimum atomic E-state index is -0.477. The maximum absolute atomic E-state index is 11.2. The Morgan fingerprint density at radius 2 is 1.78 bits per heavy atom. The Bertz CT molecular complexity index is 281. The summed E-state index contributed by atoms with van der Waals surface area (Å²) in [6.45, 7) is 6.19. The molecule has 0 rings (SSSR count). The van der Waals surface area contributed by atoms with E-state index in [4.69, 9.17) is 14.6 Å². The van der Waals surface area contributed by atoms with Gasteiger partial charge in [0.05, 0.1) is 26.4 Å². The van der Waals surface area contributed by atoms with Gasteiger partial charge in [-0.1, -0.05) is 6.58 Å². The molecule has 0 aromatic rings. The Kier molecular flexibility index (Phi) is 9.61. The second kappa shape index (κ2) is 10.5. The van der Waals surface area contributed by atoms with E-state index in [9.17, 15) is 9.59 Å². The topological polar surface area (TPSA) is 96.9 Å². The highest BCUT2D eigenvalue weighted by atomic mass is 16.5. The van der Waals surface area contributed by atoms with Crippen molar-refractivity contribution < 1.29 is 24.2 Å². The lowest BCUT2D eigenvalue weighted by Gasteiger charge is -2.08. The van der Waals surface area contributed by atoms with Crippen LogP contribution in [0.1, 0.15) is 6.92 Å². The standard InChI is InChI=1S/C11H20N2O5/c1-9(2)10(15)18-7-4-13-11(16)12-3-6-17-8-5-14/h14H,1,3-8H2,2H3,(H2,12,13,16). The fourth-order valence-corrected chi connectivity index (χ4v) is 0.897. The molecule has 0 radical (unpaired) electrons. The molecule has 0 aliphatic heterocycles. The molecule has 0 saturated heterocycles. The molecule has 0 aliphatic rings. The van der Waals surface area contributed by atoms with Crippen molar-refractivity contribution in [2.24, 2.45) is 0 Å². The fraction of sp³-hybridized carbons (Fsp3) is 0.636. The highest BCUT2D eigenvalue weighted by Gasteiger charge is 2.03. The van der Waals surface area contributed by atoms with Crippen molar-refractivity contribution in [2.45, 2.75) is 6.92 Å². The summed E-state index contributed by atoms with van der Waals surface area (Å²) in [5.41, 5.74) is 0.320. The van der Waals surface area contributed by atoms with E-state index in [1.54, 1.807) is 6.92 Å². The molecule has 3 N–H and O–H groups in total. The van der Waals surface area contributed by atoms with Gasteiger partial charge < -0.3 is 25.2 Å². The molecule has 0 aliphatic carbocycles. The molecule has 2 amide bonds. The van der Waals surface area contributed by atoms with Gasteiger partial charge in [0.2, 0.25) is 0 Å². The molecule has 0 fully saturated rings. The smallest absolute Gasteiger partial charge is 0.333 e. The van der Waals surface area contributed by atoms with Crippen LogP contribution in [-0.4, -0.2) is 56.6 Å². The zero-order chi connectivity index (χ0) is 13.8. The van der Waals surface area contributed by atoms with Gasteiger partial charge in [-0.2, -0.15) is 0 Å². The minimum Gasteiger partial charge on any atom is -0.460 e. The van der Waals surface area contributed by atoms with Gasteiger partial charge >= 0.3 is 12.0 Å². The molecule has 0 aromatic carbocycles. The van der Waals surface area contributed by atoms with Crippen molar-refractivity contribution >= 4 is 12.0 Å². The lowest BCUT2D eigenvalue weighted by Crippen LogP contribution is -2.39. The second-order valence-corrected chi connectivity index (χ2v) is 3.43. The number of aliphatic hydroxyl groups is 1. The van der Waals surface area contributed by atoms with Gasteiger partial charge in [0, 0.05) is 12.1 Å². The Balaban J connectivity index is 3.37. The highest BCUT2D eigenvalue weighted by molar-refractivity contribution is 5.86. The molecule has 7 nitrogen and oxygen atoms in total. The van der Waals surface area contributed by atoms with Gasteiger partial charge in [0.1, 0.15) is 6.61 Å². The largest absolute Gasteiger partial charge is 0.460 e. The third-order valence-corrected chi connectivity index (χ3v) is 1.74. The molecule has 0 atom stereocenters. The van der Waals surface area contributed by atoms with E-state index in [1.165, 1.54) is 0 Å². The Morgan fingerprint density at radius 1 is 1.17 bits per heavy atom. The Labute approximate surface area is 106 Å². The first kappa shape index (κ1) is 16.4. The number of amides is 2. The van der Waals surface area contributed by atoms with Crippen LogP contribution in [0.2, 0.25) is 0 Å². The highest BCUT2D eigenvalue weighted by Crippen LogP contribution is 1.90. The van der Waals surface area contributed by atoms with Crippen LogP contribution >= 0.6 is 0 Å². The van der Waals surface area contributed by atoms with Gasteiger partial charge in [0.25, 0.3) is 0 Å². The average molecular weight is 260 g/mol. The minimum absolute atomic E-state index is 0.0414. The van der Waals surface area contributed by atoms with E-state index in [2.05, 4.69) is 17.2 Å². The normalized spacial score (nSPS) is 9.67. The van der Waals surface area contributed by atoms with Crippen LogP contribution in [0.15, 0.2) is 12.2 Å². The van der Waals surface area contributed by atoms with Crippen LogP contribution in [0.4, 0.5) is 4.79 Å². The van der Waals surface area contributed by atoms with E-state index in [0.717, 1.165) is 0 Å². The number of aliphatic hydroxyl groups excluding tert-OH is 1. The molecule has 0 saturated carbocycles. The monoisotopic (exact) mass is 260 g/mol. The maximum atomic E-state index is 11.2. The second-order valence-electron chi connectivity index (χ2n) is 3.43. The zero-order valence-corrected chi connectivity index (χ0v) is 10.5. The summed E-state index contributed by atoms with van der Waals surface area (Å²) < 4.78 is 9.72. The molecular weight excluding hydrogens is 240 g/mol. The molecular formula is C11H20N2O5. The van der Waals surface area contributed by atoms with Crippen LogP contribution in [0.25, 0.3) is 0 Å². The molecule has 7 heteroatoms. The van der Waals surface area contributed by atoms with Crippen LogP contribution in [-0.2, 0) is 14.3 Å². The molecule has 0 unspecified atom stereocenters. The van der Waals surface area contributed by atoms with E-state index in [-0.39, 0.29) is 32.4 Å². The third-order valence-electron chi connectivity index (χ3n) is 1.74. The van der Waals surface area contributed by atoms with Crippen LogP contribution < -0.4 is 10.6 Å². The summed E-state index contributed by atoms with van der Waals surface area (Å²) in [4.78, 5) is 22.1. The van der Waals surface area contributed by atoms with Crippen LogP contribution in [0.5, 0.6) is 0 Å². The summed E-state index contributed by atoms with van der Waals surface area (Å²) in [6, 6.07) is -0.367. The van der Waals surface area contributed by atoms with Crippen molar-refractivity contribution in [3.8, 4) is 0 Å². The Morgan fingerprint density at radius 3 is 2.33 bits per heavy atom. The lowest BCUT2D eigenvalue weighted by molar-refractivity contribution is -0.138. The molecule has 18 heavy (non-hydrogen) atoms. The van der Waals surface area contributed by atoms with Crippen molar-refractivity contribution in [3.63, 3.8) is 0 Å². The fourth-order valence-electron chi connectivity index (χ4n) is 0.897. The SMILES string of the molecule is C=C(C)C(=O)OCCNC(=O)NCCOCCO. The van der Waals surface area contributed by atoms with E-state index >= 15 is 0 Å². The Hall–Kier alpha value is -1.60. The predicted octanol–water partition coefficient (Wildman–Crippen LogP) is -0.586. The third kappa shape index (κ3) is 9.61. The van der Waals surface area contributed by atoms with Gasteiger partial charge in [-0.25, -0.2) is 9.59 Å². The summed E-state index contributed by atoms with van der Waals surface area (Å²) in [5, 5.41) is 13.5. The van der Waals surface area contributed by atoms with E-state index < -0.39 is 5.97 Å². The molecule has 0 heterocycles. The van der Waals surface area contributed by atoms with E-state index in [0.29, 0.717) is 18.7 Å². The van der Waals surface area contributed by atoms with Crippen molar-refractivity contribution in [3.05, 3.63) is 12.2 Å². The number of esters is 1. The summed E-state index contributed by atoms with van der Waals surface area (Å²) in [5.74, 6) is -0.477. The van der Waals surface area contributed by atoms with Crippen LogP contribution in [0, 0.1) is 0 Å². The molecule has 0 bridgehead atoms. The van der Waals surface area contributed by atoms with Gasteiger partial charge in [0.15, 0.2) is 0 Å². The van der Waals surface area contributed by atoms with Gasteiger partial charge in [-0.05, 0) is 6.92 Å². The summed E-state index contributed by atoms with van der Waals surface area (Å²) >= 11 is 0. The predicted molar refractivity (Wildman–Crippen MR) is 65.1 cm³/mol. The molecule has 0 spiro atoms. The quantitative estimate of drug-likeness (QED) is 0.292. The number of hydrogen-bond acceptors (Lipinski definition) is 5. The maximum Gasteiger partial charge on any atom is 0.333 e. The van der Waals surface area contributed by atoms with Crippen molar-refractivity contribution in [1.82, 2.24) is 10.6 Å². The first-order valence-corrected chi connectivity index (χ1v) is 5.61. The number of rotatable bonds is 9. The zero-order valence-electron chi connectivity index (χ0n) is 10.5. The van der Waals surface area contributed by atoms with Gasteiger partial charge in [-0.15, -0.1) is 0 Å². The lowest BCUT2D eigenvalue weighted by atomic mass is 10.4. The van der Waals surface area contributed by atoms with Gasteiger partial charge in [-0.3, -0.25) is 0 Å². The molecule has 0 aromatic heterocycles. The molecule has 104 valence electrons. The number of ether oxygens (including phenoxy) is 2. The van der Waals surface area contributed by atoms with Crippen molar-refractivity contribution in [2.75, 3.05) is 39.5 Å². The van der Waals surface area contributed by atoms with Crippen LogP contribution in [0.3, 0.4) is 0 Å². The average Bonchev–Trinajstić information content (AvgIpc) is 2.34. The number of carbonyl (C=O) groups excluding carboxylic acids is 2. The van der Waals surface area contributed by atoms with Crippen molar-refractivity contribution in [1.29, 1.82) is 0 Å². The first-order valence-electron chi connectivity index (χ1n) is 5.61. The first-order chi connectivity index (χ1) is 8.57. The van der Waals surface area contributed by atoms with E-state index in [1.807, 2.05) is 0 Å². The number of carbonyl (C=O) groups is 2. The summed E-state index contributed by atoms with van der Waals surface area (Å²) in [6.07, 6.45) is 0. The number of hydrogen-bond donors (Lipinski definition) is 3. The number of nitrogens with one attached hydrogen (secondary N) is 2.